The average Bonchev–Trinajstić information content (AvgIpc) is 1.94. The third-order valence-corrected chi connectivity index (χ3v) is 2.82. The standard InChI is InChI=1S/C13H31NO2Si/c1-9-10(2)14-13(17,15-11(3,4)5)16-12(6,7)8/h10,14H,9H2,1-8,17H3. The van der Waals surface area contributed by atoms with Gasteiger partial charge in [-0.3, -0.25) is 5.32 Å². The quantitative estimate of drug-likeness (QED) is 0.606. The molecule has 0 fully saturated rings. The Balaban J connectivity index is 4.81. The van der Waals surface area contributed by atoms with Crippen molar-refractivity contribution >= 4 is 10.2 Å². The Hall–Kier alpha value is 0.0969. The summed E-state index contributed by atoms with van der Waals surface area (Å²) in [6.45, 7) is 16.7. The fraction of sp³-hybridized carbons (Fsp3) is 1.00. The zero-order chi connectivity index (χ0) is 13.9. The molecular weight excluding hydrogens is 230 g/mol. The van der Waals surface area contributed by atoms with Crippen LogP contribution in [0.5, 0.6) is 0 Å². The summed E-state index contributed by atoms with van der Waals surface area (Å²) >= 11 is 0. The predicted molar refractivity (Wildman–Crippen MR) is 77.2 cm³/mol. The van der Waals surface area contributed by atoms with Gasteiger partial charge in [-0.1, -0.05) is 6.92 Å². The van der Waals surface area contributed by atoms with E-state index < -0.39 is 5.53 Å². The first-order valence-corrected chi connectivity index (χ1v) is 7.55. The number of hydrogen-bond acceptors (Lipinski definition) is 3. The molecule has 0 spiro atoms. The molecule has 1 unspecified atom stereocenters. The second kappa shape index (κ2) is 5.82. The summed E-state index contributed by atoms with van der Waals surface area (Å²) in [5, 5.41) is 3.47. The van der Waals surface area contributed by atoms with Crippen LogP contribution in [-0.4, -0.2) is 33.0 Å². The minimum Gasteiger partial charge on any atom is -0.336 e. The van der Waals surface area contributed by atoms with Gasteiger partial charge in [0.2, 0.25) is 0 Å². The first-order valence-electron chi connectivity index (χ1n) is 6.55. The Morgan fingerprint density at radius 3 is 1.59 bits per heavy atom. The van der Waals surface area contributed by atoms with Crippen LogP contribution in [0.3, 0.4) is 0 Å². The molecule has 0 aliphatic heterocycles. The van der Waals surface area contributed by atoms with Crippen molar-refractivity contribution in [2.45, 2.75) is 84.6 Å². The second-order valence-corrected chi connectivity index (χ2v) is 8.14. The van der Waals surface area contributed by atoms with Gasteiger partial charge in [0, 0.05) is 6.04 Å². The molecule has 0 aromatic rings. The smallest absolute Gasteiger partial charge is 0.195 e. The molecule has 1 atom stereocenters. The van der Waals surface area contributed by atoms with Crippen LogP contribution in [0.2, 0.25) is 0 Å². The van der Waals surface area contributed by atoms with Crippen molar-refractivity contribution in [1.82, 2.24) is 5.32 Å². The van der Waals surface area contributed by atoms with Crippen LogP contribution in [0, 0.1) is 0 Å². The summed E-state index contributed by atoms with van der Waals surface area (Å²) in [6, 6.07) is 0.386. The van der Waals surface area contributed by atoms with Gasteiger partial charge in [0.25, 0.3) is 0 Å². The van der Waals surface area contributed by atoms with E-state index >= 15 is 0 Å². The largest absolute Gasteiger partial charge is 0.336 e. The maximum absolute atomic E-state index is 6.10. The van der Waals surface area contributed by atoms with Crippen molar-refractivity contribution in [2.75, 3.05) is 0 Å². The Kier molecular flexibility index (Phi) is 5.86. The van der Waals surface area contributed by atoms with Gasteiger partial charge in [-0.15, -0.1) is 0 Å². The number of ether oxygens (including phenoxy) is 2. The van der Waals surface area contributed by atoms with E-state index in [0.717, 1.165) is 16.7 Å². The highest BCUT2D eigenvalue weighted by atomic mass is 28.1. The van der Waals surface area contributed by atoms with Crippen LogP contribution in [-0.2, 0) is 9.47 Å². The molecule has 0 aliphatic carbocycles. The molecule has 0 rings (SSSR count). The third kappa shape index (κ3) is 8.77. The highest BCUT2D eigenvalue weighted by molar-refractivity contribution is 6.13. The van der Waals surface area contributed by atoms with Gasteiger partial charge in [-0.05, 0) is 54.9 Å². The molecule has 3 nitrogen and oxygen atoms in total. The summed E-state index contributed by atoms with van der Waals surface area (Å²) in [5.74, 6) is 0. The maximum Gasteiger partial charge on any atom is 0.195 e. The van der Waals surface area contributed by atoms with Gasteiger partial charge in [-0.2, -0.15) is 0 Å². The van der Waals surface area contributed by atoms with E-state index in [2.05, 4.69) is 60.7 Å². The van der Waals surface area contributed by atoms with Gasteiger partial charge in [0.05, 0.1) is 21.4 Å². The minimum atomic E-state index is -0.619. The lowest BCUT2D eigenvalue weighted by Gasteiger charge is -2.43. The average molecular weight is 261 g/mol. The van der Waals surface area contributed by atoms with E-state index in [0.29, 0.717) is 6.04 Å². The van der Waals surface area contributed by atoms with Gasteiger partial charge < -0.3 is 9.47 Å². The van der Waals surface area contributed by atoms with Gasteiger partial charge in [0.15, 0.2) is 5.53 Å². The third-order valence-electron chi connectivity index (χ3n) is 2.12. The Morgan fingerprint density at radius 1 is 1.00 bits per heavy atom. The van der Waals surface area contributed by atoms with Crippen LogP contribution in [0.15, 0.2) is 0 Å². The number of rotatable bonds is 5. The lowest BCUT2D eigenvalue weighted by Crippen LogP contribution is -2.59. The van der Waals surface area contributed by atoms with Crippen LogP contribution in [0.1, 0.15) is 61.8 Å². The van der Waals surface area contributed by atoms with Gasteiger partial charge >= 0.3 is 0 Å². The van der Waals surface area contributed by atoms with Crippen LogP contribution < -0.4 is 5.32 Å². The van der Waals surface area contributed by atoms with Crippen molar-refractivity contribution in [3.05, 3.63) is 0 Å². The topological polar surface area (TPSA) is 30.5 Å². The van der Waals surface area contributed by atoms with E-state index in [-0.39, 0.29) is 11.2 Å². The van der Waals surface area contributed by atoms with Crippen molar-refractivity contribution in [1.29, 1.82) is 0 Å². The molecule has 0 radical (unpaired) electrons. The monoisotopic (exact) mass is 261 g/mol. The first-order chi connectivity index (χ1) is 7.37. The van der Waals surface area contributed by atoms with Crippen LogP contribution >= 0.6 is 0 Å². The molecule has 0 aromatic carbocycles. The second-order valence-electron chi connectivity index (χ2n) is 6.83. The molecule has 1 N–H and O–H groups in total. The van der Waals surface area contributed by atoms with E-state index in [1.807, 2.05) is 0 Å². The van der Waals surface area contributed by atoms with E-state index in [1.165, 1.54) is 0 Å². The molecule has 0 heterocycles. The molecule has 0 saturated heterocycles. The van der Waals surface area contributed by atoms with Crippen LogP contribution in [0.25, 0.3) is 0 Å². The molecule has 0 bridgehead atoms. The molecule has 17 heavy (non-hydrogen) atoms. The van der Waals surface area contributed by atoms with Crippen LogP contribution in [0.4, 0.5) is 0 Å². The van der Waals surface area contributed by atoms with Crippen molar-refractivity contribution in [3.63, 3.8) is 0 Å². The lowest BCUT2D eigenvalue weighted by atomic mass is 10.2. The Morgan fingerprint density at radius 2 is 1.35 bits per heavy atom. The van der Waals surface area contributed by atoms with Gasteiger partial charge in [0.1, 0.15) is 0 Å². The van der Waals surface area contributed by atoms with Gasteiger partial charge in [-0.25, -0.2) is 0 Å². The van der Waals surface area contributed by atoms with E-state index in [9.17, 15) is 0 Å². The zero-order valence-electron chi connectivity index (χ0n) is 13.1. The molecule has 0 saturated carbocycles. The summed E-state index contributed by atoms with van der Waals surface area (Å²) in [7, 11) is 0.777. The Bertz CT molecular complexity index is 215. The predicted octanol–water partition coefficient (Wildman–Crippen LogP) is 1.98. The summed E-state index contributed by atoms with van der Waals surface area (Å²) < 4.78 is 12.2. The SMILES string of the molecule is CCC(C)NC([SiH3])(OC(C)(C)C)OC(C)(C)C. The highest BCUT2D eigenvalue weighted by Gasteiger charge is 2.35. The summed E-state index contributed by atoms with van der Waals surface area (Å²) in [6.07, 6.45) is 1.06. The zero-order valence-corrected chi connectivity index (χ0v) is 15.1. The summed E-state index contributed by atoms with van der Waals surface area (Å²) in [4.78, 5) is 0. The Labute approximate surface area is 110 Å². The number of hydrogen-bond donors (Lipinski definition) is 1. The fourth-order valence-corrected chi connectivity index (χ4v) is 3.52. The molecule has 0 aromatic heterocycles. The van der Waals surface area contributed by atoms with Crippen molar-refractivity contribution in [3.8, 4) is 0 Å². The van der Waals surface area contributed by atoms with E-state index in [4.69, 9.17) is 9.47 Å². The molecule has 104 valence electrons. The lowest BCUT2D eigenvalue weighted by molar-refractivity contribution is -0.281. The maximum atomic E-state index is 6.10. The highest BCUT2D eigenvalue weighted by Crippen LogP contribution is 2.23. The summed E-state index contributed by atoms with van der Waals surface area (Å²) in [5.41, 5.74) is -1.05. The fourth-order valence-electron chi connectivity index (χ4n) is 1.80. The molecule has 0 amide bonds. The first kappa shape index (κ1) is 17.1. The molecular formula is C13H31NO2Si. The number of nitrogens with one attached hydrogen (secondary N) is 1. The minimum absolute atomic E-state index is 0.215. The van der Waals surface area contributed by atoms with Crippen molar-refractivity contribution in [2.24, 2.45) is 0 Å². The molecule has 0 aliphatic rings. The normalized spacial score (nSPS) is 16.2. The molecule has 4 heteroatoms. The van der Waals surface area contributed by atoms with E-state index in [1.54, 1.807) is 0 Å². The van der Waals surface area contributed by atoms with Crippen molar-refractivity contribution < 1.29 is 9.47 Å².